The maximum atomic E-state index is 13.0. The van der Waals surface area contributed by atoms with Crippen molar-refractivity contribution in [2.45, 2.75) is 37.9 Å². The average molecular weight is 416 g/mol. The topological polar surface area (TPSA) is 92.8 Å². The number of nitrogens with one attached hydrogen (secondary N) is 1. The second-order valence-electron chi connectivity index (χ2n) is 7.19. The highest BCUT2D eigenvalue weighted by Crippen LogP contribution is 2.22. The van der Waals surface area contributed by atoms with Crippen LogP contribution in [0.25, 0.3) is 0 Å². The van der Waals surface area contributed by atoms with Gasteiger partial charge in [-0.1, -0.05) is 6.07 Å². The van der Waals surface area contributed by atoms with Crippen molar-refractivity contribution in [3.8, 4) is 0 Å². The monoisotopic (exact) mass is 416 g/mol. The van der Waals surface area contributed by atoms with Crippen molar-refractivity contribution in [2.75, 3.05) is 18.4 Å². The van der Waals surface area contributed by atoms with Gasteiger partial charge in [0.25, 0.3) is 5.91 Å². The quantitative estimate of drug-likeness (QED) is 0.757. The lowest BCUT2D eigenvalue weighted by atomic mass is 10.1. The van der Waals surface area contributed by atoms with Crippen LogP contribution >= 0.6 is 0 Å². The van der Waals surface area contributed by atoms with E-state index >= 15 is 0 Å². The van der Waals surface area contributed by atoms with E-state index in [1.54, 1.807) is 36.4 Å². The molecule has 0 saturated carbocycles. The number of ketones is 1. The van der Waals surface area contributed by atoms with Crippen molar-refractivity contribution < 1.29 is 22.7 Å². The molecule has 0 aliphatic carbocycles. The van der Waals surface area contributed by atoms with E-state index in [2.05, 4.69) is 5.32 Å². The first-order valence-electron chi connectivity index (χ1n) is 9.35. The number of carbonyl (C=O) groups is 2. The lowest BCUT2D eigenvalue weighted by Crippen LogP contribution is -2.48. The highest BCUT2D eigenvalue weighted by Gasteiger charge is 2.32. The third-order valence-electron chi connectivity index (χ3n) is 4.67. The molecule has 3 rings (SSSR count). The van der Waals surface area contributed by atoms with Crippen LogP contribution in [0.3, 0.4) is 0 Å². The summed E-state index contributed by atoms with van der Waals surface area (Å²) in [6, 6.07) is 12.5. The third-order valence-corrected chi connectivity index (χ3v) is 6.50. The summed E-state index contributed by atoms with van der Waals surface area (Å²) in [4.78, 5) is 24.0. The SMILES string of the molecule is CC(=O)c1ccc(NC(=O)c2cccc(S(=O)(=O)N3C[C@H](C)O[C@@H](C)C3)c2)cc1. The summed E-state index contributed by atoms with van der Waals surface area (Å²) in [6.07, 6.45) is -0.393. The van der Waals surface area contributed by atoms with Crippen molar-refractivity contribution in [1.29, 1.82) is 0 Å². The Morgan fingerprint density at radius 2 is 1.62 bits per heavy atom. The van der Waals surface area contributed by atoms with Crippen LogP contribution in [-0.2, 0) is 14.8 Å². The number of morpholine rings is 1. The minimum absolute atomic E-state index is 0.0625. The summed E-state index contributed by atoms with van der Waals surface area (Å²) in [6.45, 7) is 5.67. The van der Waals surface area contributed by atoms with Crippen LogP contribution < -0.4 is 5.32 Å². The lowest BCUT2D eigenvalue weighted by Gasteiger charge is -2.34. The molecule has 8 heteroatoms. The predicted molar refractivity (Wildman–Crippen MR) is 110 cm³/mol. The first-order valence-corrected chi connectivity index (χ1v) is 10.8. The number of ether oxygens (including phenoxy) is 1. The van der Waals surface area contributed by atoms with E-state index < -0.39 is 15.9 Å². The molecule has 2 atom stereocenters. The number of rotatable bonds is 5. The highest BCUT2D eigenvalue weighted by atomic mass is 32.2. The van der Waals surface area contributed by atoms with Gasteiger partial charge >= 0.3 is 0 Å². The molecule has 154 valence electrons. The van der Waals surface area contributed by atoms with Gasteiger partial charge in [0.05, 0.1) is 17.1 Å². The van der Waals surface area contributed by atoms with Gasteiger partial charge in [0, 0.05) is 29.9 Å². The summed E-state index contributed by atoms with van der Waals surface area (Å²) >= 11 is 0. The Morgan fingerprint density at radius 3 is 2.21 bits per heavy atom. The van der Waals surface area contributed by atoms with Crippen LogP contribution in [0.1, 0.15) is 41.5 Å². The second-order valence-corrected chi connectivity index (χ2v) is 9.13. The van der Waals surface area contributed by atoms with Crippen molar-refractivity contribution in [2.24, 2.45) is 0 Å². The summed E-state index contributed by atoms with van der Waals surface area (Å²) < 4.78 is 33.0. The van der Waals surface area contributed by atoms with Gasteiger partial charge in [-0.3, -0.25) is 9.59 Å². The average Bonchev–Trinajstić information content (AvgIpc) is 2.67. The zero-order chi connectivity index (χ0) is 21.2. The largest absolute Gasteiger partial charge is 0.373 e. The molecular weight excluding hydrogens is 392 g/mol. The van der Waals surface area contributed by atoms with Crippen molar-refractivity contribution in [3.05, 3.63) is 59.7 Å². The Morgan fingerprint density at radius 1 is 1.00 bits per heavy atom. The van der Waals surface area contributed by atoms with Gasteiger partial charge < -0.3 is 10.1 Å². The number of Topliss-reactive ketones (excluding diaryl/α,β-unsaturated/α-hetero) is 1. The van der Waals surface area contributed by atoms with E-state index in [9.17, 15) is 18.0 Å². The number of benzene rings is 2. The van der Waals surface area contributed by atoms with Gasteiger partial charge in [0.1, 0.15) is 0 Å². The lowest BCUT2D eigenvalue weighted by molar-refractivity contribution is -0.0440. The third kappa shape index (κ3) is 4.90. The highest BCUT2D eigenvalue weighted by molar-refractivity contribution is 7.89. The van der Waals surface area contributed by atoms with Crippen LogP contribution in [0.2, 0.25) is 0 Å². The van der Waals surface area contributed by atoms with Gasteiger partial charge in [0.2, 0.25) is 10.0 Å². The fourth-order valence-corrected chi connectivity index (χ4v) is 4.90. The minimum atomic E-state index is -3.74. The molecule has 2 aromatic carbocycles. The first kappa shape index (κ1) is 21.2. The normalized spacial score (nSPS) is 20.2. The van der Waals surface area contributed by atoms with E-state index in [-0.39, 0.29) is 41.5 Å². The molecule has 2 aromatic rings. The molecular formula is C21H24N2O5S. The molecule has 0 bridgehead atoms. The number of anilines is 1. The molecule has 1 N–H and O–H groups in total. The van der Waals surface area contributed by atoms with Crippen LogP contribution in [0, 0.1) is 0 Å². The zero-order valence-corrected chi connectivity index (χ0v) is 17.4. The van der Waals surface area contributed by atoms with Gasteiger partial charge in [0.15, 0.2) is 5.78 Å². The van der Waals surface area contributed by atoms with Crippen LogP contribution in [-0.4, -0.2) is 49.7 Å². The van der Waals surface area contributed by atoms with E-state index in [0.717, 1.165) is 0 Å². The van der Waals surface area contributed by atoms with E-state index in [0.29, 0.717) is 11.3 Å². The first-order chi connectivity index (χ1) is 13.7. The second kappa shape index (κ2) is 8.44. The Kier molecular flexibility index (Phi) is 6.16. The standard InChI is InChI=1S/C21H24N2O5S/c1-14-12-23(13-15(2)28-14)29(26,27)20-6-4-5-18(11-20)21(25)22-19-9-7-17(8-10-19)16(3)24/h4-11,14-15H,12-13H2,1-3H3,(H,22,25)/t14-,15-/m0/s1. The Hall–Kier alpha value is -2.55. The van der Waals surface area contributed by atoms with E-state index in [4.69, 9.17) is 4.74 Å². The van der Waals surface area contributed by atoms with Crippen molar-refractivity contribution >= 4 is 27.4 Å². The maximum Gasteiger partial charge on any atom is 0.255 e. The molecule has 1 saturated heterocycles. The molecule has 1 heterocycles. The fraction of sp³-hybridized carbons (Fsp3) is 0.333. The molecule has 29 heavy (non-hydrogen) atoms. The van der Waals surface area contributed by atoms with Gasteiger partial charge in [-0.15, -0.1) is 0 Å². The number of amides is 1. The molecule has 1 amide bonds. The van der Waals surface area contributed by atoms with Crippen molar-refractivity contribution in [1.82, 2.24) is 4.31 Å². The molecule has 1 fully saturated rings. The van der Waals surface area contributed by atoms with Gasteiger partial charge in [-0.2, -0.15) is 4.31 Å². The predicted octanol–water partition coefficient (Wildman–Crippen LogP) is 2.94. The molecule has 0 unspecified atom stereocenters. The van der Waals surface area contributed by atoms with Crippen molar-refractivity contribution in [3.63, 3.8) is 0 Å². The Balaban J connectivity index is 1.79. The smallest absolute Gasteiger partial charge is 0.255 e. The number of nitrogens with zero attached hydrogens (tertiary/aromatic N) is 1. The number of sulfonamides is 1. The zero-order valence-electron chi connectivity index (χ0n) is 16.6. The molecule has 7 nitrogen and oxygen atoms in total. The number of hydrogen-bond acceptors (Lipinski definition) is 5. The summed E-state index contributed by atoms with van der Waals surface area (Å²) in [5.74, 6) is -0.492. The Labute approximate surface area is 170 Å². The fourth-order valence-electron chi connectivity index (χ4n) is 3.27. The number of hydrogen-bond donors (Lipinski definition) is 1. The Bertz CT molecular complexity index is 1010. The molecule has 1 aliphatic rings. The summed E-state index contributed by atoms with van der Waals surface area (Å²) in [7, 11) is -3.74. The maximum absolute atomic E-state index is 13.0. The van der Waals surface area contributed by atoms with E-state index in [1.165, 1.54) is 23.4 Å². The minimum Gasteiger partial charge on any atom is -0.373 e. The van der Waals surface area contributed by atoms with Crippen LogP contribution in [0.4, 0.5) is 5.69 Å². The molecule has 0 aromatic heterocycles. The molecule has 0 radical (unpaired) electrons. The van der Waals surface area contributed by atoms with Gasteiger partial charge in [-0.25, -0.2) is 8.42 Å². The van der Waals surface area contributed by atoms with Gasteiger partial charge in [-0.05, 0) is 63.2 Å². The van der Waals surface area contributed by atoms with E-state index in [1.807, 2.05) is 13.8 Å². The van der Waals surface area contributed by atoms with Crippen LogP contribution in [0.15, 0.2) is 53.4 Å². The molecule has 0 spiro atoms. The van der Waals surface area contributed by atoms with Crippen LogP contribution in [0.5, 0.6) is 0 Å². The molecule has 1 aliphatic heterocycles. The number of carbonyl (C=O) groups excluding carboxylic acids is 2. The summed E-state index contributed by atoms with van der Waals surface area (Å²) in [5.41, 5.74) is 1.30. The summed E-state index contributed by atoms with van der Waals surface area (Å²) in [5, 5.41) is 2.72.